The van der Waals surface area contributed by atoms with Crippen LogP contribution in [0.1, 0.15) is 32.7 Å². The molecular formula is C19H15FN2O5. The highest BCUT2D eigenvalue weighted by Crippen LogP contribution is 2.32. The van der Waals surface area contributed by atoms with Crippen molar-refractivity contribution in [2.75, 3.05) is 13.3 Å². The van der Waals surface area contributed by atoms with Crippen LogP contribution in [-0.4, -0.2) is 36.0 Å². The molecule has 2 aromatic carbocycles. The number of nitrogens with zero attached hydrogens (tertiary/aromatic N) is 1. The van der Waals surface area contributed by atoms with Crippen molar-refractivity contribution in [3.05, 3.63) is 58.9 Å². The second-order valence-corrected chi connectivity index (χ2v) is 6.14. The van der Waals surface area contributed by atoms with E-state index >= 15 is 0 Å². The Morgan fingerprint density at radius 2 is 1.93 bits per heavy atom. The Bertz CT molecular complexity index is 959. The SMILES string of the molecule is O=C(CCN1C(=O)c2cccc(F)c2C1=O)NCc1ccc2c(c1)OCO2. The van der Waals surface area contributed by atoms with Crippen molar-refractivity contribution >= 4 is 17.7 Å². The molecule has 2 aliphatic rings. The van der Waals surface area contributed by atoms with Crippen molar-refractivity contribution in [2.45, 2.75) is 13.0 Å². The molecule has 4 rings (SSSR count). The van der Waals surface area contributed by atoms with Crippen molar-refractivity contribution in [3.8, 4) is 11.5 Å². The second kappa shape index (κ2) is 6.71. The fourth-order valence-electron chi connectivity index (χ4n) is 3.05. The first-order chi connectivity index (χ1) is 13.0. The maximum atomic E-state index is 13.8. The van der Waals surface area contributed by atoms with Gasteiger partial charge in [-0.1, -0.05) is 12.1 Å². The largest absolute Gasteiger partial charge is 0.454 e. The number of hydrogen-bond donors (Lipinski definition) is 1. The molecule has 2 aliphatic heterocycles. The third-order valence-corrected chi connectivity index (χ3v) is 4.44. The van der Waals surface area contributed by atoms with Gasteiger partial charge >= 0.3 is 0 Å². The first kappa shape index (κ1) is 17.0. The van der Waals surface area contributed by atoms with E-state index in [2.05, 4.69) is 5.32 Å². The lowest BCUT2D eigenvalue weighted by atomic mass is 10.1. The van der Waals surface area contributed by atoms with Gasteiger partial charge in [0.2, 0.25) is 12.7 Å². The Morgan fingerprint density at radius 1 is 1.11 bits per heavy atom. The summed E-state index contributed by atoms with van der Waals surface area (Å²) in [4.78, 5) is 37.4. The fraction of sp³-hybridized carbons (Fsp3) is 0.211. The molecule has 2 aromatic rings. The van der Waals surface area contributed by atoms with Gasteiger partial charge in [-0.3, -0.25) is 19.3 Å². The number of carbonyl (C=O) groups is 3. The van der Waals surface area contributed by atoms with E-state index in [0.29, 0.717) is 11.5 Å². The maximum absolute atomic E-state index is 13.8. The number of carbonyl (C=O) groups excluding carboxylic acids is 3. The summed E-state index contributed by atoms with van der Waals surface area (Å²) in [7, 11) is 0. The lowest BCUT2D eigenvalue weighted by Gasteiger charge is -2.13. The number of imide groups is 1. The molecule has 1 N–H and O–H groups in total. The van der Waals surface area contributed by atoms with Crippen LogP contribution in [0.5, 0.6) is 11.5 Å². The molecule has 0 spiro atoms. The van der Waals surface area contributed by atoms with Crippen LogP contribution in [0.15, 0.2) is 36.4 Å². The first-order valence-electron chi connectivity index (χ1n) is 8.34. The predicted octanol–water partition coefficient (Wildman–Crippen LogP) is 1.86. The molecule has 0 bridgehead atoms. The van der Waals surface area contributed by atoms with Crippen molar-refractivity contribution in [3.63, 3.8) is 0 Å². The van der Waals surface area contributed by atoms with Gasteiger partial charge in [-0.25, -0.2) is 4.39 Å². The van der Waals surface area contributed by atoms with Crippen LogP contribution in [0, 0.1) is 5.82 Å². The molecule has 0 saturated heterocycles. The predicted molar refractivity (Wildman–Crippen MR) is 90.8 cm³/mol. The topological polar surface area (TPSA) is 84.9 Å². The third kappa shape index (κ3) is 3.10. The number of benzene rings is 2. The van der Waals surface area contributed by atoms with Gasteiger partial charge in [0.25, 0.3) is 11.8 Å². The highest BCUT2D eigenvalue weighted by atomic mass is 19.1. The molecule has 2 heterocycles. The first-order valence-corrected chi connectivity index (χ1v) is 8.34. The molecule has 3 amide bonds. The van der Waals surface area contributed by atoms with Crippen LogP contribution in [-0.2, 0) is 11.3 Å². The molecule has 138 valence electrons. The van der Waals surface area contributed by atoms with E-state index in [1.807, 2.05) is 0 Å². The van der Waals surface area contributed by atoms with E-state index in [9.17, 15) is 18.8 Å². The van der Waals surface area contributed by atoms with E-state index in [0.717, 1.165) is 16.5 Å². The van der Waals surface area contributed by atoms with E-state index in [4.69, 9.17) is 9.47 Å². The van der Waals surface area contributed by atoms with Gasteiger partial charge in [0, 0.05) is 19.5 Å². The zero-order valence-corrected chi connectivity index (χ0v) is 14.2. The number of nitrogens with one attached hydrogen (secondary N) is 1. The fourth-order valence-corrected chi connectivity index (χ4v) is 3.05. The van der Waals surface area contributed by atoms with Gasteiger partial charge in [-0.2, -0.15) is 0 Å². The molecule has 7 nitrogen and oxygen atoms in total. The summed E-state index contributed by atoms with van der Waals surface area (Å²) in [6.45, 7) is 0.330. The molecule has 0 saturated carbocycles. The van der Waals surface area contributed by atoms with E-state index in [1.54, 1.807) is 18.2 Å². The summed E-state index contributed by atoms with van der Waals surface area (Å²) < 4.78 is 24.3. The lowest BCUT2D eigenvalue weighted by molar-refractivity contribution is -0.121. The maximum Gasteiger partial charge on any atom is 0.264 e. The van der Waals surface area contributed by atoms with Crippen molar-refractivity contribution in [1.82, 2.24) is 10.2 Å². The van der Waals surface area contributed by atoms with Gasteiger partial charge < -0.3 is 14.8 Å². The second-order valence-electron chi connectivity index (χ2n) is 6.14. The van der Waals surface area contributed by atoms with Crippen molar-refractivity contribution in [1.29, 1.82) is 0 Å². The van der Waals surface area contributed by atoms with Gasteiger partial charge in [-0.05, 0) is 29.8 Å². The number of amides is 3. The van der Waals surface area contributed by atoms with Crippen LogP contribution < -0.4 is 14.8 Å². The minimum atomic E-state index is -0.736. The molecule has 0 atom stereocenters. The van der Waals surface area contributed by atoms with Crippen LogP contribution in [0.3, 0.4) is 0 Å². The van der Waals surface area contributed by atoms with Gasteiger partial charge in [0.1, 0.15) is 5.82 Å². The minimum absolute atomic E-state index is 0.0285. The van der Waals surface area contributed by atoms with Crippen LogP contribution in [0.4, 0.5) is 4.39 Å². The van der Waals surface area contributed by atoms with Crippen molar-refractivity contribution in [2.24, 2.45) is 0 Å². The summed E-state index contributed by atoms with van der Waals surface area (Å²) in [5, 5.41) is 2.72. The smallest absolute Gasteiger partial charge is 0.264 e. The monoisotopic (exact) mass is 370 g/mol. The average molecular weight is 370 g/mol. The van der Waals surface area contributed by atoms with Gasteiger partial charge in [0.15, 0.2) is 11.5 Å². The Balaban J connectivity index is 1.33. The summed E-state index contributed by atoms with van der Waals surface area (Å²) >= 11 is 0. The number of ether oxygens (including phenoxy) is 2. The van der Waals surface area contributed by atoms with Crippen LogP contribution >= 0.6 is 0 Å². The lowest BCUT2D eigenvalue weighted by Crippen LogP contribution is -2.34. The Kier molecular flexibility index (Phi) is 4.23. The quantitative estimate of drug-likeness (QED) is 0.812. The molecule has 8 heteroatoms. The Hall–Kier alpha value is -3.42. The third-order valence-electron chi connectivity index (χ3n) is 4.44. The van der Waals surface area contributed by atoms with Crippen molar-refractivity contribution < 1.29 is 28.2 Å². The van der Waals surface area contributed by atoms with Gasteiger partial charge in [-0.15, -0.1) is 0 Å². The highest BCUT2D eigenvalue weighted by Gasteiger charge is 2.37. The molecule has 0 aromatic heterocycles. The standard InChI is InChI=1S/C19H15FN2O5/c20-13-3-1-2-12-17(13)19(25)22(18(12)24)7-6-16(23)21-9-11-4-5-14-15(8-11)27-10-26-14/h1-5,8H,6-7,9-10H2,(H,21,23). The molecule has 27 heavy (non-hydrogen) atoms. The summed E-state index contributed by atoms with van der Waals surface area (Å²) in [6, 6.07) is 9.25. The summed E-state index contributed by atoms with van der Waals surface area (Å²) in [5.74, 6) is -1.09. The Morgan fingerprint density at radius 3 is 2.74 bits per heavy atom. The van der Waals surface area contributed by atoms with E-state index < -0.39 is 17.6 Å². The summed E-state index contributed by atoms with van der Waals surface area (Å²) in [6.07, 6.45) is -0.0718. The zero-order chi connectivity index (χ0) is 19.0. The highest BCUT2D eigenvalue weighted by molar-refractivity contribution is 6.21. The average Bonchev–Trinajstić information content (AvgIpc) is 3.22. The molecule has 0 fully saturated rings. The minimum Gasteiger partial charge on any atom is -0.454 e. The normalized spacial score (nSPS) is 14.5. The molecule has 0 aliphatic carbocycles. The number of rotatable bonds is 5. The molecular weight excluding hydrogens is 355 g/mol. The van der Waals surface area contributed by atoms with E-state index in [1.165, 1.54) is 12.1 Å². The number of halogens is 1. The molecule has 0 unspecified atom stereocenters. The Labute approximate surface area is 153 Å². The summed E-state index contributed by atoms with van der Waals surface area (Å²) in [5.41, 5.74) is 0.624. The van der Waals surface area contributed by atoms with Gasteiger partial charge in [0.05, 0.1) is 11.1 Å². The molecule has 0 radical (unpaired) electrons. The van der Waals surface area contributed by atoms with E-state index in [-0.39, 0.29) is 43.3 Å². The van der Waals surface area contributed by atoms with Crippen LogP contribution in [0.2, 0.25) is 0 Å². The number of hydrogen-bond acceptors (Lipinski definition) is 5. The van der Waals surface area contributed by atoms with Crippen LogP contribution in [0.25, 0.3) is 0 Å². The zero-order valence-electron chi connectivity index (χ0n) is 14.2. The number of fused-ring (bicyclic) bond motifs is 2.